The molecule has 2 atom stereocenters. The number of β-lactam (4-membered cyclic amide) rings is 1. The SMILES string of the molecule is CO[C@@H]1C(=O)N2C(C(=O)O)=C(COC(C)=O)CS(=O)(=O)C12. The molecule has 21 heavy (non-hydrogen) atoms. The molecular formula is C11H13NO8S. The molecule has 1 fully saturated rings. The van der Waals surface area contributed by atoms with E-state index < -0.39 is 57.2 Å². The molecule has 0 aromatic carbocycles. The van der Waals surface area contributed by atoms with Crippen LogP contribution in [0.5, 0.6) is 0 Å². The van der Waals surface area contributed by atoms with Crippen molar-refractivity contribution in [3.63, 3.8) is 0 Å². The summed E-state index contributed by atoms with van der Waals surface area (Å²) in [5, 5.41) is 7.87. The standard InChI is InChI=1S/C11H13NO8S/c1-5(13)20-3-6-4-21(17,18)10-8(19-2)9(14)12(10)7(6)11(15)16/h8,10H,3-4H2,1-2H3,(H,15,16)/t8-,10?/m1/s1. The van der Waals surface area contributed by atoms with Gasteiger partial charge in [0.05, 0.1) is 5.75 Å². The number of aliphatic carboxylic acids is 1. The van der Waals surface area contributed by atoms with Gasteiger partial charge in [-0.15, -0.1) is 0 Å². The molecular weight excluding hydrogens is 306 g/mol. The maximum Gasteiger partial charge on any atom is 0.352 e. The Morgan fingerprint density at radius 1 is 1.43 bits per heavy atom. The van der Waals surface area contributed by atoms with E-state index in [4.69, 9.17) is 4.74 Å². The van der Waals surface area contributed by atoms with E-state index in [0.717, 1.165) is 6.92 Å². The number of hydrogen-bond donors (Lipinski definition) is 1. The summed E-state index contributed by atoms with van der Waals surface area (Å²) in [7, 11) is -2.64. The maximum absolute atomic E-state index is 12.1. The maximum atomic E-state index is 12.1. The fourth-order valence-electron chi connectivity index (χ4n) is 2.36. The van der Waals surface area contributed by atoms with Crippen LogP contribution in [0.3, 0.4) is 0 Å². The van der Waals surface area contributed by atoms with Gasteiger partial charge in [0.25, 0.3) is 5.91 Å². The number of nitrogens with zero attached hydrogens (tertiary/aromatic N) is 1. The molecule has 0 bridgehead atoms. The van der Waals surface area contributed by atoms with Crippen LogP contribution in [0.2, 0.25) is 0 Å². The minimum absolute atomic E-state index is 0.142. The van der Waals surface area contributed by atoms with Crippen molar-refractivity contribution in [1.82, 2.24) is 4.90 Å². The average molecular weight is 319 g/mol. The van der Waals surface area contributed by atoms with E-state index >= 15 is 0 Å². The number of carbonyl (C=O) groups excluding carboxylic acids is 2. The molecule has 1 N–H and O–H groups in total. The van der Waals surface area contributed by atoms with Crippen molar-refractivity contribution >= 4 is 27.7 Å². The van der Waals surface area contributed by atoms with Gasteiger partial charge in [0.2, 0.25) is 0 Å². The zero-order valence-electron chi connectivity index (χ0n) is 11.2. The topological polar surface area (TPSA) is 127 Å². The zero-order valence-corrected chi connectivity index (χ0v) is 12.0. The number of sulfone groups is 1. The number of ether oxygens (including phenoxy) is 2. The summed E-state index contributed by atoms with van der Waals surface area (Å²) < 4.78 is 33.7. The van der Waals surface area contributed by atoms with Gasteiger partial charge in [-0.3, -0.25) is 14.5 Å². The van der Waals surface area contributed by atoms with Gasteiger partial charge >= 0.3 is 11.9 Å². The van der Waals surface area contributed by atoms with E-state index in [-0.39, 0.29) is 5.57 Å². The summed E-state index contributed by atoms with van der Waals surface area (Å²) in [6, 6.07) is 0. The highest BCUT2D eigenvalue weighted by atomic mass is 32.2. The molecule has 2 heterocycles. The quantitative estimate of drug-likeness (QED) is 0.490. The Hall–Kier alpha value is -1.94. The van der Waals surface area contributed by atoms with Crippen molar-refractivity contribution in [2.24, 2.45) is 0 Å². The van der Waals surface area contributed by atoms with Crippen LogP contribution in [0.15, 0.2) is 11.3 Å². The first-order valence-electron chi connectivity index (χ1n) is 5.86. The largest absolute Gasteiger partial charge is 0.477 e. The van der Waals surface area contributed by atoms with E-state index in [1.54, 1.807) is 0 Å². The third kappa shape index (κ3) is 2.40. The Kier molecular flexibility index (Phi) is 3.76. The molecule has 116 valence electrons. The predicted molar refractivity (Wildman–Crippen MR) is 66.5 cm³/mol. The van der Waals surface area contributed by atoms with Crippen LogP contribution < -0.4 is 0 Å². The first kappa shape index (κ1) is 15.4. The molecule has 1 amide bonds. The van der Waals surface area contributed by atoms with Gasteiger partial charge in [0, 0.05) is 19.6 Å². The highest BCUT2D eigenvalue weighted by Gasteiger charge is 2.60. The lowest BCUT2D eigenvalue weighted by Crippen LogP contribution is -2.70. The molecule has 0 aromatic rings. The van der Waals surface area contributed by atoms with Crippen LogP contribution in [0, 0.1) is 0 Å². The van der Waals surface area contributed by atoms with Gasteiger partial charge in [0.15, 0.2) is 21.3 Å². The third-order valence-electron chi connectivity index (χ3n) is 3.22. The Bertz CT molecular complexity index is 649. The summed E-state index contributed by atoms with van der Waals surface area (Å²) in [4.78, 5) is 34.6. The molecule has 9 nitrogen and oxygen atoms in total. The van der Waals surface area contributed by atoms with Crippen molar-refractivity contribution in [3.8, 4) is 0 Å². The van der Waals surface area contributed by atoms with Crippen LogP contribution >= 0.6 is 0 Å². The van der Waals surface area contributed by atoms with Crippen molar-refractivity contribution in [3.05, 3.63) is 11.3 Å². The number of fused-ring (bicyclic) bond motifs is 1. The molecule has 1 unspecified atom stereocenters. The molecule has 0 radical (unpaired) electrons. The van der Waals surface area contributed by atoms with Gasteiger partial charge in [-0.2, -0.15) is 0 Å². The molecule has 0 aliphatic carbocycles. The summed E-state index contributed by atoms with van der Waals surface area (Å²) in [5.41, 5.74) is -0.605. The van der Waals surface area contributed by atoms with E-state index in [1.807, 2.05) is 0 Å². The van der Waals surface area contributed by atoms with Gasteiger partial charge in [-0.1, -0.05) is 0 Å². The number of carbonyl (C=O) groups is 3. The van der Waals surface area contributed by atoms with Gasteiger partial charge in [0.1, 0.15) is 12.3 Å². The number of methoxy groups -OCH3 is 1. The summed E-state index contributed by atoms with van der Waals surface area (Å²) in [6.07, 6.45) is -1.21. The van der Waals surface area contributed by atoms with Gasteiger partial charge in [-0.25, -0.2) is 13.2 Å². The van der Waals surface area contributed by atoms with Crippen LogP contribution in [-0.4, -0.2) is 67.2 Å². The van der Waals surface area contributed by atoms with Crippen LogP contribution in [-0.2, 0) is 33.7 Å². The molecule has 0 spiro atoms. The van der Waals surface area contributed by atoms with Crippen LogP contribution in [0.1, 0.15) is 6.92 Å². The fraction of sp³-hybridized carbons (Fsp3) is 0.545. The van der Waals surface area contributed by atoms with E-state index in [0.29, 0.717) is 4.90 Å². The van der Waals surface area contributed by atoms with Gasteiger partial charge < -0.3 is 14.6 Å². The predicted octanol–water partition coefficient (Wildman–Crippen LogP) is -1.50. The number of hydrogen-bond acceptors (Lipinski definition) is 7. The highest BCUT2D eigenvalue weighted by molar-refractivity contribution is 7.92. The molecule has 2 rings (SSSR count). The zero-order chi connectivity index (χ0) is 15.9. The second kappa shape index (κ2) is 5.11. The monoisotopic (exact) mass is 319 g/mol. The number of rotatable bonds is 4. The number of esters is 1. The van der Waals surface area contributed by atoms with Crippen LogP contribution in [0.4, 0.5) is 0 Å². The normalized spacial score (nSPS) is 27.0. The minimum Gasteiger partial charge on any atom is -0.477 e. The Balaban J connectivity index is 2.46. The van der Waals surface area contributed by atoms with E-state index in [9.17, 15) is 27.9 Å². The molecule has 0 aromatic heterocycles. The lowest BCUT2D eigenvalue weighted by molar-refractivity contribution is -0.162. The second-order valence-corrected chi connectivity index (χ2v) is 6.70. The summed E-state index contributed by atoms with van der Waals surface area (Å²) in [5.74, 6) is -3.49. The minimum atomic E-state index is -3.81. The molecule has 2 aliphatic heterocycles. The molecule has 0 saturated carbocycles. The number of carboxylic acids is 1. The third-order valence-corrected chi connectivity index (χ3v) is 5.16. The van der Waals surface area contributed by atoms with Crippen molar-refractivity contribution < 1.29 is 37.4 Å². The lowest BCUT2D eigenvalue weighted by Gasteiger charge is -2.48. The van der Waals surface area contributed by atoms with Gasteiger partial charge in [-0.05, 0) is 0 Å². The van der Waals surface area contributed by atoms with E-state index in [2.05, 4.69) is 4.74 Å². The average Bonchev–Trinajstić information content (AvgIpc) is 2.36. The lowest BCUT2D eigenvalue weighted by atomic mass is 10.1. The fourth-order valence-corrected chi connectivity index (χ4v) is 4.37. The molecule has 10 heteroatoms. The Morgan fingerprint density at radius 3 is 2.52 bits per heavy atom. The second-order valence-electron chi connectivity index (χ2n) is 4.60. The van der Waals surface area contributed by atoms with Crippen molar-refractivity contribution in [1.29, 1.82) is 0 Å². The van der Waals surface area contributed by atoms with E-state index in [1.165, 1.54) is 7.11 Å². The first-order chi connectivity index (χ1) is 9.70. The number of carboxylic acid groups (broad SMARTS) is 1. The summed E-state index contributed by atoms with van der Waals surface area (Å²) >= 11 is 0. The van der Waals surface area contributed by atoms with Crippen LogP contribution in [0.25, 0.3) is 0 Å². The summed E-state index contributed by atoms with van der Waals surface area (Å²) in [6.45, 7) is 0.612. The highest BCUT2D eigenvalue weighted by Crippen LogP contribution is 2.37. The Morgan fingerprint density at radius 2 is 2.05 bits per heavy atom. The Labute approximate surface area is 120 Å². The van der Waals surface area contributed by atoms with Crippen molar-refractivity contribution in [2.75, 3.05) is 19.5 Å². The van der Waals surface area contributed by atoms with Crippen molar-refractivity contribution in [2.45, 2.75) is 18.4 Å². The molecule has 2 aliphatic rings. The number of amides is 1. The molecule has 1 saturated heterocycles. The smallest absolute Gasteiger partial charge is 0.352 e. The first-order valence-corrected chi connectivity index (χ1v) is 7.58.